The van der Waals surface area contributed by atoms with E-state index in [0.29, 0.717) is 16.8 Å². The first kappa shape index (κ1) is 30.7. The third kappa shape index (κ3) is 6.66. The summed E-state index contributed by atoms with van der Waals surface area (Å²) in [7, 11) is -0.877. The molecule has 0 aliphatic carbocycles. The van der Waals surface area contributed by atoms with E-state index in [1.165, 1.54) is 19.0 Å². The quantitative estimate of drug-likeness (QED) is 0.236. The maximum Gasteiger partial charge on any atom is 0.476 e. The number of amides is 1. The summed E-state index contributed by atoms with van der Waals surface area (Å²) in [5.41, 5.74) is -7.99. The number of carbonyl (C=O) groups excluding carboxylic acids is 1. The first-order valence-corrected chi connectivity index (χ1v) is 12.7. The lowest BCUT2D eigenvalue weighted by atomic mass is 9.99. The second-order valence-corrected chi connectivity index (χ2v) is 10.3. The lowest BCUT2D eigenvalue weighted by molar-refractivity contribution is -0.137. The minimum Gasteiger partial charge on any atom is -0.483 e. The minimum atomic E-state index is -5.33. The van der Waals surface area contributed by atoms with Gasteiger partial charge < -0.3 is 14.5 Å². The van der Waals surface area contributed by atoms with Crippen molar-refractivity contribution in [2.24, 2.45) is 16.1 Å². The van der Waals surface area contributed by atoms with Gasteiger partial charge >= 0.3 is 11.7 Å². The van der Waals surface area contributed by atoms with Crippen LogP contribution in [-0.4, -0.2) is 69.7 Å². The third-order valence-corrected chi connectivity index (χ3v) is 6.88. The van der Waals surface area contributed by atoms with Crippen molar-refractivity contribution in [3.63, 3.8) is 0 Å². The number of oxime groups is 1. The van der Waals surface area contributed by atoms with Crippen LogP contribution in [0, 0.1) is 5.92 Å². The minimum absolute atomic E-state index is 0.0405. The van der Waals surface area contributed by atoms with Crippen molar-refractivity contribution < 1.29 is 44.9 Å². The van der Waals surface area contributed by atoms with E-state index in [9.17, 15) is 35.3 Å². The van der Waals surface area contributed by atoms with Crippen LogP contribution in [0.4, 0.5) is 32.2 Å². The van der Waals surface area contributed by atoms with Crippen molar-refractivity contribution in [2.45, 2.75) is 29.9 Å². The summed E-state index contributed by atoms with van der Waals surface area (Å²) in [6.07, 6.45) is -4.38. The Morgan fingerprint density at radius 1 is 1.26 bits per heavy atom. The van der Waals surface area contributed by atoms with Gasteiger partial charge in [-0.1, -0.05) is 28.4 Å². The molecule has 0 fully saturated rings. The molecular weight excluding hydrogens is 603 g/mol. The molecule has 0 bridgehead atoms. The molecule has 18 heteroatoms. The number of benzene rings is 1. The van der Waals surface area contributed by atoms with Crippen LogP contribution < -0.4 is 0 Å². The van der Waals surface area contributed by atoms with E-state index < -0.39 is 72.0 Å². The van der Waals surface area contributed by atoms with Crippen molar-refractivity contribution in [1.82, 2.24) is 14.7 Å². The number of halogens is 8. The van der Waals surface area contributed by atoms with Gasteiger partial charge in [-0.05, 0) is 19.1 Å². The summed E-state index contributed by atoms with van der Waals surface area (Å²) in [5, 5.41) is 6.46. The second kappa shape index (κ2) is 11.7. The fourth-order valence-corrected chi connectivity index (χ4v) is 4.95. The van der Waals surface area contributed by atoms with Gasteiger partial charge in [-0.25, -0.2) is 8.89 Å². The predicted molar refractivity (Wildman–Crippen MR) is 130 cm³/mol. The zero-order chi connectivity index (χ0) is 29.3. The zero-order valence-electron chi connectivity index (χ0n) is 20.2. The van der Waals surface area contributed by atoms with E-state index in [-0.39, 0.29) is 25.3 Å². The van der Waals surface area contributed by atoms with Crippen LogP contribution >= 0.6 is 23.2 Å². The average molecular weight is 622 g/mol. The normalized spacial score (nSPS) is 17.1. The number of ether oxygens (including phenoxy) is 1. The first-order valence-electron chi connectivity index (χ1n) is 10.8. The molecule has 2 unspecified atom stereocenters. The Morgan fingerprint density at radius 2 is 1.87 bits per heavy atom. The third-order valence-electron chi connectivity index (χ3n) is 5.14. The molecule has 0 spiro atoms. The fourth-order valence-electron chi connectivity index (χ4n) is 3.43. The number of nitrogens with zero attached hydrogens (tertiary/aromatic N) is 5. The van der Waals surface area contributed by atoms with Crippen LogP contribution in [0.5, 0.6) is 0 Å². The first-order chi connectivity index (χ1) is 18.1. The van der Waals surface area contributed by atoms with Gasteiger partial charge in [-0.15, -0.1) is 0 Å². The van der Waals surface area contributed by atoms with Gasteiger partial charge in [0.1, 0.15) is 28.6 Å². The van der Waals surface area contributed by atoms with Gasteiger partial charge in [-0.2, -0.15) is 36.4 Å². The maximum atomic E-state index is 13.8. The van der Waals surface area contributed by atoms with Crippen molar-refractivity contribution in [1.29, 1.82) is 0 Å². The number of rotatable bonds is 7. The lowest BCUT2D eigenvalue weighted by Gasteiger charge is -2.23. The summed E-state index contributed by atoms with van der Waals surface area (Å²) >= 11 is 12.2. The van der Waals surface area contributed by atoms with Crippen LogP contribution in [0.2, 0.25) is 10.0 Å². The molecule has 2 atom stereocenters. The van der Waals surface area contributed by atoms with E-state index in [1.54, 1.807) is 6.92 Å². The van der Waals surface area contributed by atoms with E-state index in [2.05, 4.69) is 15.2 Å². The molecule has 1 aromatic heterocycles. The molecule has 2 heterocycles. The molecule has 3 rings (SSSR count). The molecule has 0 saturated carbocycles. The Kier molecular flexibility index (Phi) is 9.22. The van der Waals surface area contributed by atoms with Crippen molar-refractivity contribution in [3.8, 4) is 5.69 Å². The summed E-state index contributed by atoms with van der Waals surface area (Å²) in [6, 6.07) is 0.987. The van der Waals surface area contributed by atoms with Gasteiger partial charge in [0.05, 0.1) is 28.1 Å². The SMILES string of the molecule is CCOC=Nc1c(S(=O)C(F)(F)F)c(C2=NOCC(C(=O)N(C)C)C2)nn1-c1c(Cl)cc(C(F)(F)F)cc1Cl. The molecule has 0 radical (unpaired) electrons. The molecule has 1 aliphatic heterocycles. The Labute approximate surface area is 229 Å². The van der Waals surface area contributed by atoms with Crippen molar-refractivity contribution >= 4 is 57.8 Å². The topological polar surface area (TPSA) is 98.4 Å². The zero-order valence-corrected chi connectivity index (χ0v) is 22.6. The predicted octanol–water partition coefficient (Wildman–Crippen LogP) is 5.35. The molecule has 0 N–H and O–H groups in total. The number of aliphatic imine (C=N–C) groups is 1. The highest BCUT2D eigenvalue weighted by Crippen LogP contribution is 2.42. The number of aromatic nitrogens is 2. The Bertz CT molecular complexity index is 1320. The molecular formula is C21H19Cl2F6N5O4S. The highest BCUT2D eigenvalue weighted by atomic mass is 35.5. The largest absolute Gasteiger partial charge is 0.483 e. The van der Waals surface area contributed by atoms with Crippen LogP contribution in [0.15, 0.2) is 27.2 Å². The molecule has 1 amide bonds. The van der Waals surface area contributed by atoms with Crippen molar-refractivity contribution in [2.75, 3.05) is 27.3 Å². The molecule has 214 valence electrons. The summed E-state index contributed by atoms with van der Waals surface area (Å²) < 4.78 is 99.5. The monoisotopic (exact) mass is 621 g/mol. The molecule has 0 saturated heterocycles. The smallest absolute Gasteiger partial charge is 0.476 e. The van der Waals surface area contributed by atoms with Gasteiger partial charge in [0.15, 0.2) is 23.0 Å². The fraction of sp³-hybridized carbons (Fsp3) is 0.429. The summed E-state index contributed by atoms with van der Waals surface area (Å²) in [5.74, 6) is -2.07. The lowest BCUT2D eigenvalue weighted by Crippen LogP contribution is -2.36. The summed E-state index contributed by atoms with van der Waals surface area (Å²) in [4.78, 5) is 21.6. The molecule has 1 aromatic carbocycles. The van der Waals surface area contributed by atoms with E-state index >= 15 is 0 Å². The van der Waals surface area contributed by atoms with Gasteiger partial charge in [0, 0.05) is 20.5 Å². The van der Waals surface area contributed by atoms with Crippen LogP contribution in [0.1, 0.15) is 24.6 Å². The molecule has 2 aromatic rings. The standard InChI is InChI=1S/C21H19Cl2F6N5O4S/c1-4-37-9-30-18-17(39(36)21(27,28)29)15(14-5-10(8-38-32-14)19(35)33(2)3)31-34(18)16-12(22)6-11(7-13(16)23)20(24,25)26/h6-7,9-10H,4-5,8H2,1-3H3. The van der Waals surface area contributed by atoms with Gasteiger partial charge in [0.2, 0.25) is 5.91 Å². The Hall–Kier alpha value is -2.85. The maximum absolute atomic E-state index is 13.8. The number of carbonyl (C=O) groups is 1. The highest BCUT2D eigenvalue weighted by Gasteiger charge is 2.45. The highest BCUT2D eigenvalue weighted by molar-refractivity contribution is 7.86. The van der Waals surface area contributed by atoms with E-state index in [1.807, 2.05) is 0 Å². The van der Waals surface area contributed by atoms with E-state index in [4.69, 9.17) is 32.8 Å². The number of hydrogen-bond donors (Lipinski definition) is 0. The average Bonchev–Trinajstić information content (AvgIpc) is 3.20. The molecule has 39 heavy (non-hydrogen) atoms. The van der Waals surface area contributed by atoms with Crippen LogP contribution in [0.25, 0.3) is 5.69 Å². The summed E-state index contributed by atoms with van der Waals surface area (Å²) in [6.45, 7) is 1.40. The Morgan fingerprint density at radius 3 is 2.38 bits per heavy atom. The Balaban J connectivity index is 2.34. The number of hydrogen-bond acceptors (Lipinski definition) is 7. The molecule has 1 aliphatic rings. The van der Waals surface area contributed by atoms with Gasteiger partial charge in [-0.3, -0.25) is 4.79 Å². The van der Waals surface area contributed by atoms with Gasteiger partial charge in [0.25, 0.3) is 0 Å². The van der Waals surface area contributed by atoms with Crippen LogP contribution in [-0.2, 0) is 31.3 Å². The van der Waals surface area contributed by atoms with Crippen molar-refractivity contribution in [3.05, 3.63) is 33.4 Å². The second-order valence-electron chi connectivity index (χ2n) is 8.07. The van der Waals surface area contributed by atoms with Crippen LogP contribution in [0.3, 0.4) is 0 Å². The number of alkyl halides is 6. The molecule has 9 nitrogen and oxygen atoms in total. The van der Waals surface area contributed by atoms with E-state index in [0.717, 1.165) is 6.40 Å².